The molecule has 1 radical (unpaired) electrons. The highest BCUT2D eigenvalue weighted by Crippen LogP contribution is 2.35. The van der Waals surface area contributed by atoms with Crippen molar-refractivity contribution in [3.05, 3.63) is 29.2 Å². The maximum absolute atomic E-state index is 2.43. The molecule has 2 aliphatic carbocycles. The van der Waals surface area contributed by atoms with Crippen LogP contribution in [0.5, 0.6) is 0 Å². The van der Waals surface area contributed by atoms with E-state index in [9.17, 15) is 0 Å². The number of rotatable bonds is 1. The summed E-state index contributed by atoms with van der Waals surface area (Å²) in [6.45, 7) is 0. The standard InChI is InChI=1S/C10H15Si/c11-7-8-5-9-3-1-2-4-10(9)6-8/h5-6H,1-4,7H2,11H3. The Morgan fingerprint density at radius 2 is 1.91 bits per heavy atom. The molecular formula is C10H15Si. The van der Waals surface area contributed by atoms with Crippen LogP contribution < -0.4 is 0 Å². The molecule has 0 fully saturated rings. The van der Waals surface area contributed by atoms with Crippen LogP contribution in [0.4, 0.5) is 0 Å². The fraction of sp³-hybridized carbons (Fsp3) is 0.500. The smallest absolute Gasteiger partial charge is 0.0116 e. The van der Waals surface area contributed by atoms with Crippen molar-refractivity contribution in [2.24, 2.45) is 0 Å². The van der Waals surface area contributed by atoms with Crippen molar-refractivity contribution in [2.45, 2.75) is 31.7 Å². The first kappa shape index (κ1) is 7.35. The fourth-order valence-corrected chi connectivity index (χ4v) is 2.38. The summed E-state index contributed by atoms with van der Waals surface area (Å²) in [5, 5.41) is 0. The topological polar surface area (TPSA) is 0 Å². The lowest BCUT2D eigenvalue weighted by Gasteiger charge is -2.12. The maximum Gasteiger partial charge on any atom is 0.0116 e. The summed E-state index contributed by atoms with van der Waals surface area (Å²) in [4.78, 5) is 0. The Kier molecular flexibility index (Phi) is 1.99. The predicted molar refractivity (Wildman–Crippen MR) is 52.6 cm³/mol. The lowest BCUT2D eigenvalue weighted by Crippen LogP contribution is -1.93. The zero-order valence-corrected chi connectivity index (χ0v) is 9.19. The highest BCUT2D eigenvalue weighted by molar-refractivity contribution is 6.10. The summed E-state index contributed by atoms with van der Waals surface area (Å²) in [5.41, 5.74) is 4.91. The summed E-state index contributed by atoms with van der Waals surface area (Å²) >= 11 is 0. The lowest BCUT2D eigenvalue weighted by molar-refractivity contribution is 0.693. The van der Waals surface area contributed by atoms with Gasteiger partial charge in [-0.1, -0.05) is 17.2 Å². The third kappa shape index (κ3) is 1.34. The molecule has 59 valence electrons. The SMILES string of the molecule is [SiH3]CC1=CC2=C([CH]1)CCCC2. The van der Waals surface area contributed by atoms with Crippen molar-refractivity contribution in [2.75, 3.05) is 0 Å². The Morgan fingerprint density at radius 1 is 1.18 bits per heavy atom. The van der Waals surface area contributed by atoms with Crippen molar-refractivity contribution < 1.29 is 0 Å². The molecule has 0 aromatic rings. The monoisotopic (exact) mass is 163 g/mol. The Hall–Kier alpha value is -0.303. The highest BCUT2D eigenvalue weighted by atomic mass is 28.1. The third-order valence-corrected chi connectivity index (χ3v) is 3.50. The van der Waals surface area contributed by atoms with Crippen LogP contribution in [0.3, 0.4) is 0 Å². The molecule has 0 nitrogen and oxygen atoms in total. The normalized spacial score (nSPS) is 23.8. The van der Waals surface area contributed by atoms with Gasteiger partial charge < -0.3 is 0 Å². The second-order valence-electron chi connectivity index (χ2n) is 3.47. The van der Waals surface area contributed by atoms with Crippen molar-refractivity contribution in [3.8, 4) is 0 Å². The first-order valence-electron chi connectivity index (χ1n) is 4.67. The van der Waals surface area contributed by atoms with E-state index in [2.05, 4.69) is 12.5 Å². The summed E-state index contributed by atoms with van der Waals surface area (Å²) in [5.74, 6) is 0. The minimum absolute atomic E-state index is 1.31. The molecule has 11 heavy (non-hydrogen) atoms. The van der Waals surface area contributed by atoms with E-state index in [1.807, 2.05) is 0 Å². The van der Waals surface area contributed by atoms with Crippen molar-refractivity contribution >= 4 is 10.2 Å². The van der Waals surface area contributed by atoms with E-state index in [0.717, 1.165) is 0 Å². The summed E-state index contributed by atoms with van der Waals surface area (Å²) in [6, 6.07) is 1.34. The van der Waals surface area contributed by atoms with Crippen LogP contribution in [0.15, 0.2) is 22.8 Å². The van der Waals surface area contributed by atoms with E-state index in [1.54, 1.807) is 16.7 Å². The van der Waals surface area contributed by atoms with Crippen molar-refractivity contribution in [1.29, 1.82) is 0 Å². The number of hydrogen-bond donors (Lipinski definition) is 0. The largest absolute Gasteiger partial charge is 0.0654 e. The lowest BCUT2D eigenvalue weighted by atomic mass is 9.94. The van der Waals surface area contributed by atoms with Gasteiger partial charge in [0.1, 0.15) is 0 Å². The molecule has 0 saturated carbocycles. The minimum Gasteiger partial charge on any atom is -0.0654 e. The molecule has 0 bridgehead atoms. The number of allylic oxidation sites excluding steroid dienone is 4. The summed E-state index contributed by atoms with van der Waals surface area (Å²) < 4.78 is 0. The molecule has 0 saturated heterocycles. The van der Waals surface area contributed by atoms with Crippen LogP contribution in [0.1, 0.15) is 25.7 Å². The molecule has 0 aliphatic heterocycles. The van der Waals surface area contributed by atoms with Gasteiger partial charge in [-0.2, -0.15) is 0 Å². The predicted octanol–water partition coefficient (Wildman–Crippen LogP) is 1.78. The van der Waals surface area contributed by atoms with Crippen LogP contribution in [0.25, 0.3) is 0 Å². The van der Waals surface area contributed by atoms with Gasteiger partial charge >= 0.3 is 0 Å². The van der Waals surface area contributed by atoms with Crippen LogP contribution in [-0.4, -0.2) is 10.2 Å². The van der Waals surface area contributed by atoms with Gasteiger partial charge in [-0.25, -0.2) is 0 Å². The molecular weight excluding hydrogens is 148 g/mol. The molecule has 0 heterocycles. The van der Waals surface area contributed by atoms with Gasteiger partial charge in [0.15, 0.2) is 0 Å². The van der Waals surface area contributed by atoms with Gasteiger partial charge in [0.2, 0.25) is 0 Å². The van der Waals surface area contributed by atoms with E-state index in [-0.39, 0.29) is 0 Å². The van der Waals surface area contributed by atoms with Crippen LogP contribution >= 0.6 is 0 Å². The first-order chi connectivity index (χ1) is 5.40. The second kappa shape index (κ2) is 2.98. The highest BCUT2D eigenvalue weighted by Gasteiger charge is 2.17. The van der Waals surface area contributed by atoms with Crippen LogP contribution in [0.2, 0.25) is 6.04 Å². The van der Waals surface area contributed by atoms with Gasteiger partial charge in [0.05, 0.1) is 0 Å². The van der Waals surface area contributed by atoms with E-state index in [4.69, 9.17) is 0 Å². The Bertz CT molecular complexity index is 223. The Balaban J connectivity index is 2.14. The van der Waals surface area contributed by atoms with E-state index in [1.165, 1.54) is 42.0 Å². The molecule has 2 aliphatic rings. The molecule has 0 N–H and O–H groups in total. The van der Waals surface area contributed by atoms with Gasteiger partial charge in [-0.3, -0.25) is 0 Å². The molecule has 1 heteroatoms. The van der Waals surface area contributed by atoms with Crippen LogP contribution in [0, 0.1) is 6.42 Å². The van der Waals surface area contributed by atoms with Gasteiger partial charge in [-0.05, 0) is 37.3 Å². The van der Waals surface area contributed by atoms with Gasteiger partial charge in [-0.15, -0.1) is 0 Å². The fourth-order valence-electron chi connectivity index (χ4n) is 1.98. The molecule has 0 aromatic heterocycles. The maximum atomic E-state index is 2.43. The quantitative estimate of drug-likeness (QED) is 0.517. The summed E-state index contributed by atoms with van der Waals surface area (Å²) in [6.07, 6.45) is 10.4. The average Bonchev–Trinajstić information content (AvgIpc) is 2.46. The van der Waals surface area contributed by atoms with E-state index >= 15 is 0 Å². The average molecular weight is 163 g/mol. The Morgan fingerprint density at radius 3 is 2.55 bits per heavy atom. The molecule has 0 amide bonds. The van der Waals surface area contributed by atoms with Crippen molar-refractivity contribution in [1.82, 2.24) is 0 Å². The zero-order chi connectivity index (χ0) is 7.68. The second-order valence-corrected chi connectivity index (χ2v) is 4.18. The van der Waals surface area contributed by atoms with Gasteiger partial charge in [0.25, 0.3) is 0 Å². The molecule has 2 rings (SSSR count). The van der Waals surface area contributed by atoms with Crippen LogP contribution in [-0.2, 0) is 0 Å². The van der Waals surface area contributed by atoms with E-state index in [0.29, 0.717) is 0 Å². The zero-order valence-electron chi connectivity index (χ0n) is 7.19. The van der Waals surface area contributed by atoms with Crippen molar-refractivity contribution in [3.63, 3.8) is 0 Å². The Labute approximate surface area is 71.8 Å². The first-order valence-corrected chi connectivity index (χ1v) is 6.09. The molecule has 0 unspecified atom stereocenters. The van der Waals surface area contributed by atoms with E-state index < -0.39 is 0 Å². The molecule has 0 aromatic carbocycles. The molecule has 0 atom stereocenters. The molecule has 0 spiro atoms. The number of hydrogen-bond acceptors (Lipinski definition) is 0. The minimum atomic E-state index is 1.31. The van der Waals surface area contributed by atoms with Gasteiger partial charge in [0, 0.05) is 16.7 Å². The third-order valence-electron chi connectivity index (χ3n) is 2.68. The summed E-state index contributed by atoms with van der Waals surface area (Å²) in [7, 11) is 1.31.